The fourth-order valence-corrected chi connectivity index (χ4v) is 13.9. The van der Waals surface area contributed by atoms with Gasteiger partial charge < -0.3 is 8.83 Å². The normalized spacial score (nSPS) is 11.3. The first-order chi connectivity index (χ1) is 54.4. The zero-order valence-electron chi connectivity index (χ0n) is 59.1. The van der Waals surface area contributed by atoms with E-state index in [-0.39, 0.29) is 0 Å². The van der Waals surface area contributed by atoms with Crippen LogP contribution in [0.3, 0.4) is 0 Å². The van der Waals surface area contributed by atoms with Gasteiger partial charge in [-0.05, 0) is 82.9 Å². The molecule has 0 atom stereocenters. The fourth-order valence-electron chi connectivity index (χ4n) is 13.9. The molecule has 0 saturated heterocycles. The highest BCUT2D eigenvalue weighted by Gasteiger charge is 2.20. The third-order valence-electron chi connectivity index (χ3n) is 19.5. The van der Waals surface area contributed by atoms with Gasteiger partial charge in [0.15, 0.2) is 46.6 Å². The Kier molecular flexibility index (Phi) is 17.3. The molecule has 516 valence electrons. The molecule has 14 aromatic carbocycles. The minimum Gasteiger partial charge on any atom is -0.456 e. The Morgan fingerprint density at radius 2 is 0.355 bits per heavy atom. The molecule has 0 bridgehead atoms. The maximum Gasteiger partial charge on any atom is 0.164 e. The number of hydrogen-bond donors (Lipinski definition) is 0. The molecule has 6 aromatic heterocycles. The Balaban J connectivity index is 0.000000149. The van der Waals surface area contributed by atoms with Gasteiger partial charge in [0.1, 0.15) is 22.3 Å². The number of para-hydroxylation sites is 2. The lowest BCUT2D eigenvalue weighted by molar-refractivity contribution is 0.668. The van der Waals surface area contributed by atoms with Gasteiger partial charge in [-0.3, -0.25) is 0 Å². The quantitative estimate of drug-likeness (QED) is 0.102. The molecule has 0 aliphatic carbocycles. The molecule has 0 fully saturated rings. The van der Waals surface area contributed by atoms with Crippen molar-refractivity contribution in [1.82, 2.24) is 49.8 Å². The molecule has 0 amide bonds. The van der Waals surface area contributed by atoms with Crippen LogP contribution in [-0.2, 0) is 0 Å². The summed E-state index contributed by atoms with van der Waals surface area (Å²) in [5, 5.41) is 4.35. The minimum atomic E-state index is 0.621. The van der Waals surface area contributed by atoms with E-state index in [0.717, 1.165) is 156 Å². The number of hydrogen-bond acceptors (Lipinski definition) is 12. The predicted molar refractivity (Wildman–Crippen MR) is 441 cm³/mol. The summed E-state index contributed by atoms with van der Waals surface area (Å²) in [6.45, 7) is 0. The van der Waals surface area contributed by atoms with Crippen LogP contribution in [0.4, 0.5) is 0 Å². The molecule has 0 radical (unpaired) electrons. The van der Waals surface area contributed by atoms with Crippen molar-refractivity contribution in [3.8, 4) is 158 Å². The van der Waals surface area contributed by atoms with Crippen molar-refractivity contribution in [3.05, 3.63) is 376 Å². The molecule has 20 aromatic rings. The monoisotopic (exact) mass is 1410 g/mol. The first-order valence-electron chi connectivity index (χ1n) is 36.3. The number of furan rings is 2. The minimum absolute atomic E-state index is 0.621. The van der Waals surface area contributed by atoms with E-state index in [1.807, 2.05) is 212 Å². The van der Waals surface area contributed by atoms with E-state index in [2.05, 4.69) is 164 Å². The molecular weight excluding hydrogens is 1350 g/mol. The maximum atomic E-state index is 6.24. The van der Waals surface area contributed by atoms with Crippen molar-refractivity contribution in [2.24, 2.45) is 0 Å². The van der Waals surface area contributed by atoms with Crippen LogP contribution in [0, 0.1) is 0 Å². The summed E-state index contributed by atoms with van der Waals surface area (Å²) < 4.78 is 12.5. The molecule has 12 heteroatoms. The summed E-state index contributed by atoms with van der Waals surface area (Å²) >= 11 is 0. The van der Waals surface area contributed by atoms with Crippen molar-refractivity contribution in [1.29, 1.82) is 0 Å². The molecule has 0 aliphatic heterocycles. The van der Waals surface area contributed by atoms with Crippen molar-refractivity contribution in [2.75, 3.05) is 0 Å². The third-order valence-corrected chi connectivity index (χ3v) is 19.5. The summed E-state index contributed by atoms with van der Waals surface area (Å²) in [4.78, 5) is 49.7. The van der Waals surface area contributed by atoms with E-state index in [9.17, 15) is 0 Å². The summed E-state index contributed by atoms with van der Waals surface area (Å²) in [7, 11) is 0. The van der Waals surface area contributed by atoms with Crippen molar-refractivity contribution in [3.63, 3.8) is 0 Å². The maximum absolute atomic E-state index is 6.24. The molecule has 110 heavy (non-hydrogen) atoms. The second-order valence-corrected chi connectivity index (χ2v) is 26.7. The largest absolute Gasteiger partial charge is 0.456 e. The standard InChI is InChI=1S/2C49H31N5O/c1-4-13-33(14-5-1)46-50-42(31-43(51-46)39-27-28-41-40-21-10-11-22-44(40)55-45(41)30-39)38-20-12-19-37(29-38)32-23-25-36(26-24-32)49-53-47(34-15-6-2-7-16-34)52-48(54-49)35-17-8-3-9-18-35;1-4-13-33(14-5-1)42-31-43(51-49(50-42)39-27-28-41-40-21-10-11-22-44(40)55-45(41)30-39)38-20-12-19-37(29-38)32-23-25-36(26-24-32)48-53-46(34-15-6-2-7-16-34)52-47(54-48)35-17-8-3-9-18-35/h2*1-31H. The van der Waals surface area contributed by atoms with E-state index in [4.69, 9.17) is 58.7 Å². The Hall–Kier alpha value is -15.1. The van der Waals surface area contributed by atoms with E-state index in [1.165, 1.54) is 0 Å². The third kappa shape index (κ3) is 13.5. The van der Waals surface area contributed by atoms with Gasteiger partial charge in [-0.1, -0.05) is 315 Å². The van der Waals surface area contributed by atoms with Crippen LogP contribution in [0.5, 0.6) is 0 Å². The van der Waals surface area contributed by atoms with Gasteiger partial charge in [-0.15, -0.1) is 0 Å². The van der Waals surface area contributed by atoms with Gasteiger partial charge in [0.2, 0.25) is 0 Å². The van der Waals surface area contributed by atoms with Crippen molar-refractivity contribution < 1.29 is 8.83 Å². The van der Waals surface area contributed by atoms with Crippen LogP contribution in [-0.4, -0.2) is 49.8 Å². The Bertz CT molecular complexity index is 6220. The summed E-state index contributed by atoms with van der Waals surface area (Å²) in [6, 6.07) is 127. The van der Waals surface area contributed by atoms with Gasteiger partial charge in [0.25, 0.3) is 0 Å². The van der Waals surface area contributed by atoms with E-state index in [1.54, 1.807) is 0 Å². The Morgan fingerprint density at radius 3 is 0.718 bits per heavy atom. The molecule has 0 N–H and O–H groups in total. The average molecular weight is 1410 g/mol. The number of benzene rings is 14. The Labute approximate surface area is 633 Å². The van der Waals surface area contributed by atoms with Gasteiger partial charge in [0, 0.05) is 88.3 Å². The fraction of sp³-hybridized carbons (Fsp3) is 0. The number of fused-ring (bicyclic) bond motifs is 6. The van der Waals surface area contributed by atoms with Crippen LogP contribution in [0.15, 0.2) is 385 Å². The lowest BCUT2D eigenvalue weighted by atomic mass is 9.99. The summed E-state index contributed by atoms with van der Waals surface area (Å²) in [6.07, 6.45) is 0. The topological polar surface area (TPSA) is 155 Å². The van der Waals surface area contributed by atoms with Crippen molar-refractivity contribution in [2.45, 2.75) is 0 Å². The lowest BCUT2D eigenvalue weighted by Gasteiger charge is -2.11. The van der Waals surface area contributed by atoms with Gasteiger partial charge in [-0.2, -0.15) is 0 Å². The average Bonchev–Trinajstić information content (AvgIpc) is 1.59. The highest BCUT2D eigenvalue weighted by atomic mass is 16.3. The molecule has 0 unspecified atom stereocenters. The van der Waals surface area contributed by atoms with Gasteiger partial charge in [0.05, 0.1) is 22.8 Å². The zero-order chi connectivity index (χ0) is 73.1. The first kappa shape index (κ1) is 65.6. The van der Waals surface area contributed by atoms with Crippen LogP contribution in [0.2, 0.25) is 0 Å². The molecular formula is C98H62N10O2. The SMILES string of the molecule is c1ccc(-c2cc(-c3cccc(-c4ccc(-c5nc(-c6ccccc6)nc(-c6ccccc6)n5)cc4)c3)nc(-c3ccc4c(c3)oc3ccccc34)n2)cc1.c1ccc(-c2nc(-c3cccc(-c4ccc(-c5nc(-c6ccccc6)nc(-c6ccccc6)n5)cc4)c3)cc(-c3ccc4c(c3)oc3ccccc34)n2)cc1. The molecule has 6 heterocycles. The van der Waals surface area contributed by atoms with Gasteiger partial charge in [-0.25, -0.2) is 49.8 Å². The summed E-state index contributed by atoms with van der Waals surface area (Å²) in [5.74, 6) is 5.09. The van der Waals surface area contributed by atoms with Gasteiger partial charge >= 0.3 is 0 Å². The van der Waals surface area contributed by atoms with Crippen LogP contribution in [0.25, 0.3) is 202 Å². The van der Waals surface area contributed by atoms with Crippen LogP contribution >= 0.6 is 0 Å². The molecule has 12 nitrogen and oxygen atoms in total. The smallest absolute Gasteiger partial charge is 0.164 e. The highest BCUT2D eigenvalue weighted by molar-refractivity contribution is 6.07. The second kappa shape index (κ2) is 29.1. The second-order valence-electron chi connectivity index (χ2n) is 26.7. The lowest BCUT2D eigenvalue weighted by Crippen LogP contribution is -2.00. The van der Waals surface area contributed by atoms with E-state index in [0.29, 0.717) is 46.6 Å². The first-order valence-corrected chi connectivity index (χ1v) is 36.3. The number of rotatable bonds is 14. The van der Waals surface area contributed by atoms with Crippen LogP contribution in [0.1, 0.15) is 0 Å². The van der Waals surface area contributed by atoms with Crippen LogP contribution < -0.4 is 0 Å². The summed E-state index contributed by atoms with van der Waals surface area (Å²) in [5.41, 5.74) is 22.4. The Morgan fingerprint density at radius 1 is 0.127 bits per heavy atom. The van der Waals surface area contributed by atoms with E-state index >= 15 is 0 Å². The molecule has 0 spiro atoms. The van der Waals surface area contributed by atoms with Crippen molar-refractivity contribution >= 4 is 43.9 Å². The molecule has 20 rings (SSSR count). The number of nitrogens with zero attached hydrogens (tertiary/aromatic N) is 10. The molecule has 0 aliphatic rings. The molecule has 0 saturated carbocycles. The highest BCUT2D eigenvalue weighted by Crippen LogP contribution is 2.39. The number of aromatic nitrogens is 10. The van der Waals surface area contributed by atoms with E-state index < -0.39 is 0 Å². The predicted octanol–water partition coefficient (Wildman–Crippen LogP) is 24.5. The zero-order valence-corrected chi connectivity index (χ0v) is 59.1.